The van der Waals surface area contributed by atoms with Crippen LogP contribution in [0.15, 0.2) is 145 Å². The van der Waals surface area contributed by atoms with Gasteiger partial charge in [0, 0.05) is 80.1 Å². The number of quaternary nitrogens is 2. The summed E-state index contributed by atoms with van der Waals surface area (Å²) < 4.78 is 9.21. The number of hydrogen-bond donors (Lipinski definition) is 0. The largest absolute Gasteiger partial charge is 0.348 e. The molecule has 2 aliphatic heterocycles. The molecule has 2 unspecified atom stereocenters. The summed E-state index contributed by atoms with van der Waals surface area (Å²) in [6.45, 7) is 6.75. The molecule has 0 spiro atoms. The molecule has 8 heteroatoms. The molecule has 312 valence electrons. The summed E-state index contributed by atoms with van der Waals surface area (Å²) in [5, 5.41) is 2.41. The van der Waals surface area contributed by atoms with Crippen molar-refractivity contribution in [3.8, 4) is 0 Å². The SMILES string of the molecule is C[n+]1c(C=C=CC2C=CN(CCC[N+](C)(C)CCC[N+](C)(C)CCCN3C=CC(C=C=Cc4sc5ccccc5[n+]4C)c4ccccc43)c3ccccc32)sc2ccccc21. The summed E-state index contributed by atoms with van der Waals surface area (Å²) in [5.74, 6) is 0.434. The molecular weight excluding hydrogens is 785 g/mol. The van der Waals surface area contributed by atoms with Crippen LogP contribution in [0.5, 0.6) is 0 Å². The monoisotopic (exact) mass is 846 g/mol. The van der Waals surface area contributed by atoms with Gasteiger partial charge < -0.3 is 18.8 Å². The summed E-state index contributed by atoms with van der Waals surface area (Å²) in [4.78, 5) is 4.90. The Balaban J connectivity index is 0.786. The first-order chi connectivity index (χ1) is 29.6. The maximum absolute atomic E-state index is 3.52. The van der Waals surface area contributed by atoms with Crippen molar-refractivity contribution in [1.29, 1.82) is 0 Å². The first-order valence-corrected chi connectivity index (χ1v) is 23.5. The van der Waals surface area contributed by atoms with E-state index in [4.69, 9.17) is 0 Å². The second kappa shape index (κ2) is 18.8. The average Bonchev–Trinajstić information content (AvgIpc) is 3.76. The fourth-order valence-corrected chi connectivity index (χ4v) is 11.0. The smallest absolute Gasteiger partial charge is 0.270 e. The third-order valence-corrected chi connectivity index (χ3v) is 14.8. The van der Waals surface area contributed by atoms with Gasteiger partial charge in [0.25, 0.3) is 10.0 Å². The van der Waals surface area contributed by atoms with Crippen LogP contribution in [0.3, 0.4) is 0 Å². The molecule has 4 aromatic carbocycles. The maximum Gasteiger partial charge on any atom is 0.270 e. The number of nitrogens with zero attached hydrogens (tertiary/aromatic N) is 6. The summed E-state index contributed by atoms with van der Waals surface area (Å²) in [6.07, 6.45) is 21.4. The fourth-order valence-electron chi connectivity index (χ4n) is 8.93. The lowest BCUT2D eigenvalue weighted by molar-refractivity contribution is -0.909. The zero-order valence-corrected chi connectivity index (χ0v) is 38.5. The van der Waals surface area contributed by atoms with E-state index in [0.717, 1.165) is 48.0 Å². The van der Waals surface area contributed by atoms with Gasteiger partial charge >= 0.3 is 0 Å². The lowest BCUT2D eigenvalue weighted by Crippen LogP contribution is -2.47. The number of allylic oxidation sites excluding steroid dienone is 4. The van der Waals surface area contributed by atoms with Crippen LogP contribution in [-0.4, -0.2) is 76.4 Å². The highest BCUT2D eigenvalue weighted by atomic mass is 32.1. The predicted molar refractivity (Wildman–Crippen MR) is 260 cm³/mol. The molecule has 4 heterocycles. The van der Waals surface area contributed by atoms with Crippen LogP contribution in [0, 0.1) is 0 Å². The third-order valence-electron chi connectivity index (χ3n) is 12.5. The van der Waals surface area contributed by atoms with Gasteiger partial charge in [-0.15, -0.1) is 11.5 Å². The Morgan fingerprint density at radius 3 is 1.38 bits per heavy atom. The normalized spacial score (nSPS) is 16.0. The van der Waals surface area contributed by atoms with Gasteiger partial charge in [-0.2, -0.15) is 9.13 Å². The first kappa shape index (κ1) is 42.4. The molecule has 0 amide bonds. The Kier molecular flexibility index (Phi) is 13.0. The van der Waals surface area contributed by atoms with E-state index < -0.39 is 0 Å². The minimum atomic E-state index is 0.217. The lowest BCUT2D eigenvalue weighted by Gasteiger charge is -2.35. The molecule has 2 aromatic heterocycles. The summed E-state index contributed by atoms with van der Waals surface area (Å²) in [7, 11) is 13.9. The predicted octanol–water partition coefficient (Wildman–Crippen LogP) is 10.4. The van der Waals surface area contributed by atoms with E-state index in [-0.39, 0.29) is 11.8 Å². The molecular formula is C53H62N6S2+4. The third kappa shape index (κ3) is 10.1. The van der Waals surface area contributed by atoms with Gasteiger partial charge in [-0.25, -0.2) is 0 Å². The number of thiazole rings is 2. The van der Waals surface area contributed by atoms with Gasteiger partial charge in [-0.05, 0) is 47.5 Å². The van der Waals surface area contributed by atoms with E-state index >= 15 is 0 Å². The Hall–Kier alpha value is -5.30. The molecule has 0 saturated heterocycles. The molecule has 8 rings (SSSR count). The number of hydrogen-bond acceptors (Lipinski definition) is 4. The minimum absolute atomic E-state index is 0.217. The maximum atomic E-state index is 3.52. The highest BCUT2D eigenvalue weighted by Crippen LogP contribution is 2.36. The molecule has 0 bridgehead atoms. The second-order valence-corrected chi connectivity index (χ2v) is 20.1. The Labute approximate surface area is 371 Å². The number of aryl methyl sites for hydroxylation is 2. The lowest BCUT2D eigenvalue weighted by atomic mass is 9.94. The average molecular weight is 847 g/mol. The molecule has 0 aliphatic carbocycles. The molecule has 0 radical (unpaired) electrons. The Morgan fingerprint density at radius 2 is 0.934 bits per heavy atom. The molecule has 6 aromatic rings. The van der Waals surface area contributed by atoms with E-state index in [1.807, 2.05) is 22.7 Å². The van der Waals surface area contributed by atoms with E-state index in [9.17, 15) is 0 Å². The zero-order chi connectivity index (χ0) is 42.4. The molecule has 0 fully saturated rings. The van der Waals surface area contributed by atoms with Gasteiger partial charge in [0.05, 0.1) is 66.5 Å². The second-order valence-electron chi connectivity index (χ2n) is 18.0. The van der Waals surface area contributed by atoms with E-state index in [1.54, 1.807) is 0 Å². The number of aromatic nitrogens is 2. The minimum Gasteiger partial charge on any atom is -0.348 e. The number of anilines is 2. The van der Waals surface area contributed by atoms with Crippen molar-refractivity contribution in [1.82, 2.24) is 0 Å². The quantitative estimate of drug-likeness (QED) is 0.0547. The van der Waals surface area contributed by atoms with E-state index in [2.05, 4.69) is 219 Å². The first-order valence-electron chi connectivity index (χ1n) is 21.9. The van der Waals surface area contributed by atoms with Crippen molar-refractivity contribution in [3.05, 3.63) is 166 Å². The fraction of sp³-hybridized carbons (Fsp3) is 0.321. The van der Waals surface area contributed by atoms with Crippen molar-refractivity contribution in [3.63, 3.8) is 0 Å². The standard InChI is InChI=1S/C53H62N6S2/c1-54-48-26-11-13-28-50(48)60-52(54)30-15-20-42-32-36-56(46-24-9-7-22-44(42)46)34-17-38-58(3,4)40-19-41-59(5,6)39-18-35-57-37-33-43(45-23-8-10-25-47(45)57)21-16-31-53-55(2)49-27-12-14-29-51(49)61-53/h7-14,20-33,36-37,42-43H,17-19,34-35,38-41H2,1-6H3/q+4. The van der Waals surface area contributed by atoms with Crippen LogP contribution in [0.2, 0.25) is 0 Å². The Bertz CT molecular complexity index is 2500. The molecule has 0 N–H and O–H groups in total. The number of benzene rings is 4. The number of para-hydroxylation sites is 4. The van der Waals surface area contributed by atoms with Crippen molar-refractivity contribution in [2.75, 3.05) is 77.3 Å². The number of rotatable bonds is 16. The van der Waals surface area contributed by atoms with Crippen LogP contribution in [-0.2, 0) is 14.1 Å². The Morgan fingerprint density at radius 1 is 0.541 bits per heavy atom. The summed E-state index contributed by atoms with van der Waals surface area (Å²) in [6, 6.07) is 34.9. The molecule has 2 atom stereocenters. The highest BCUT2D eigenvalue weighted by molar-refractivity contribution is 7.19. The van der Waals surface area contributed by atoms with Crippen LogP contribution >= 0.6 is 22.7 Å². The van der Waals surface area contributed by atoms with E-state index in [0.29, 0.717) is 0 Å². The topological polar surface area (TPSA) is 14.2 Å². The van der Waals surface area contributed by atoms with Gasteiger partial charge in [-0.1, -0.05) is 95.5 Å². The van der Waals surface area contributed by atoms with Gasteiger partial charge in [0.15, 0.2) is 0 Å². The van der Waals surface area contributed by atoms with Crippen LogP contribution in [0.1, 0.15) is 52.2 Å². The van der Waals surface area contributed by atoms with Gasteiger partial charge in [0.2, 0.25) is 11.0 Å². The number of fused-ring (bicyclic) bond motifs is 4. The van der Waals surface area contributed by atoms with Gasteiger partial charge in [-0.3, -0.25) is 0 Å². The molecule has 2 aliphatic rings. The van der Waals surface area contributed by atoms with Crippen molar-refractivity contribution in [2.24, 2.45) is 14.1 Å². The van der Waals surface area contributed by atoms with Crippen LogP contribution in [0.4, 0.5) is 11.4 Å². The van der Waals surface area contributed by atoms with Crippen LogP contribution in [0.25, 0.3) is 32.6 Å². The van der Waals surface area contributed by atoms with Crippen molar-refractivity contribution >= 4 is 66.6 Å². The van der Waals surface area contributed by atoms with Gasteiger partial charge in [0.1, 0.15) is 23.5 Å². The van der Waals surface area contributed by atoms with Crippen molar-refractivity contribution in [2.45, 2.75) is 31.1 Å². The molecule has 61 heavy (non-hydrogen) atoms. The molecule has 0 saturated carbocycles. The van der Waals surface area contributed by atoms with E-state index in [1.165, 1.54) is 72.5 Å². The van der Waals surface area contributed by atoms with Crippen molar-refractivity contribution < 1.29 is 18.1 Å². The summed E-state index contributed by atoms with van der Waals surface area (Å²) >= 11 is 3.62. The molecule has 6 nitrogen and oxygen atoms in total. The summed E-state index contributed by atoms with van der Waals surface area (Å²) in [5.41, 5.74) is 14.9. The highest BCUT2D eigenvalue weighted by Gasteiger charge is 2.24. The zero-order valence-electron chi connectivity index (χ0n) is 36.9. The van der Waals surface area contributed by atoms with Crippen LogP contribution < -0.4 is 18.9 Å².